The molecule has 0 unspecified atom stereocenters. The maximum absolute atomic E-state index is 13.2. The number of sulfonamides is 1. The number of hydrogen-bond donors (Lipinski definition) is 1. The highest BCUT2D eigenvalue weighted by molar-refractivity contribution is 7.89. The summed E-state index contributed by atoms with van der Waals surface area (Å²) in [7, 11) is -3.51. The van der Waals surface area contributed by atoms with Crippen molar-refractivity contribution in [2.75, 3.05) is 37.7 Å². The summed E-state index contributed by atoms with van der Waals surface area (Å²) in [4.78, 5) is 2.65. The molecule has 2 aliphatic rings. The van der Waals surface area contributed by atoms with Crippen LogP contribution >= 0.6 is 0 Å². The standard InChI is InChI=1S/C22H28N2O4S/c25-21-8-6-19(7-9-21)24-13-12-23(29(26,27)22-4-2-1-3-5-22)17-20(24)16-18-10-14-28-15-11-18/h1-9,18,20,25H,10-17H2/t20-/m0/s1. The average molecular weight is 417 g/mol. The first-order valence-electron chi connectivity index (χ1n) is 10.2. The van der Waals surface area contributed by atoms with Gasteiger partial charge in [0, 0.05) is 44.6 Å². The van der Waals surface area contributed by atoms with Crippen molar-refractivity contribution >= 4 is 15.7 Å². The third-order valence-electron chi connectivity index (χ3n) is 5.95. The molecule has 1 atom stereocenters. The van der Waals surface area contributed by atoms with Gasteiger partial charge < -0.3 is 14.7 Å². The molecule has 0 aliphatic carbocycles. The van der Waals surface area contributed by atoms with Crippen LogP contribution in [0.3, 0.4) is 0 Å². The van der Waals surface area contributed by atoms with Crippen molar-refractivity contribution in [2.45, 2.75) is 30.2 Å². The van der Waals surface area contributed by atoms with Crippen LogP contribution in [0.1, 0.15) is 19.3 Å². The van der Waals surface area contributed by atoms with Crippen LogP contribution in [-0.2, 0) is 14.8 Å². The van der Waals surface area contributed by atoms with Gasteiger partial charge in [0.25, 0.3) is 0 Å². The quantitative estimate of drug-likeness (QED) is 0.811. The maximum Gasteiger partial charge on any atom is 0.243 e. The summed E-state index contributed by atoms with van der Waals surface area (Å²) < 4.78 is 33.5. The smallest absolute Gasteiger partial charge is 0.243 e. The Morgan fingerprint density at radius 2 is 1.66 bits per heavy atom. The summed E-state index contributed by atoms with van der Waals surface area (Å²) in [6.45, 7) is 3.10. The van der Waals surface area contributed by atoms with Gasteiger partial charge in [-0.05, 0) is 61.6 Å². The van der Waals surface area contributed by atoms with Gasteiger partial charge in [-0.15, -0.1) is 0 Å². The number of phenolic OH excluding ortho intramolecular Hbond substituents is 1. The molecule has 0 saturated carbocycles. The lowest BCUT2D eigenvalue weighted by Crippen LogP contribution is -2.55. The van der Waals surface area contributed by atoms with E-state index in [1.54, 1.807) is 40.7 Å². The second-order valence-corrected chi connectivity index (χ2v) is 9.77. The SMILES string of the molecule is O=S(=O)(c1ccccc1)N1CCN(c2ccc(O)cc2)[C@@H](CC2CCOCC2)C1. The first-order valence-corrected chi connectivity index (χ1v) is 11.7. The zero-order valence-electron chi connectivity index (χ0n) is 16.5. The molecule has 0 bridgehead atoms. The Bertz CT molecular complexity index is 896. The Labute approximate surface area is 172 Å². The molecule has 4 rings (SSSR count). The average Bonchev–Trinajstić information content (AvgIpc) is 2.76. The van der Waals surface area contributed by atoms with Crippen LogP contribution in [0.4, 0.5) is 5.69 Å². The van der Waals surface area contributed by atoms with E-state index in [9.17, 15) is 13.5 Å². The second kappa shape index (κ2) is 8.73. The third kappa shape index (κ3) is 4.57. The monoisotopic (exact) mass is 416 g/mol. The van der Waals surface area contributed by atoms with Crippen LogP contribution in [0.15, 0.2) is 59.5 Å². The number of anilines is 1. The molecule has 2 aromatic carbocycles. The molecule has 6 nitrogen and oxygen atoms in total. The number of phenols is 1. The topological polar surface area (TPSA) is 70.1 Å². The molecule has 2 saturated heterocycles. The molecule has 2 fully saturated rings. The van der Waals surface area contributed by atoms with E-state index in [1.807, 2.05) is 18.2 Å². The predicted molar refractivity (Wildman–Crippen MR) is 113 cm³/mol. The molecule has 2 heterocycles. The minimum Gasteiger partial charge on any atom is -0.508 e. The normalized spacial score (nSPS) is 21.9. The Hall–Kier alpha value is -2.09. The number of rotatable bonds is 5. The number of hydrogen-bond acceptors (Lipinski definition) is 5. The van der Waals surface area contributed by atoms with E-state index in [2.05, 4.69) is 4.90 Å². The number of nitrogens with zero attached hydrogens (tertiary/aromatic N) is 2. The highest BCUT2D eigenvalue weighted by Gasteiger charge is 2.35. The molecule has 0 radical (unpaired) electrons. The fourth-order valence-corrected chi connectivity index (χ4v) is 5.83. The van der Waals surface area contributed by atoms with Gasteiger partial charge in [0.1, 0.15) is 5.75 Å². The Morgan fingerprint density at radius 3 is 2.34 bits per heavy atom. The van der Waals surface area contributed by atoms with Gasteiger partial charge in [-0.3, -0.25) is 0 Å². The van der Waals surface area contributed by atoms with Crippen LogP contribution in [0.5, 0.6) is 5.75 Å². The predicted octanol–water partition coefficient (Wildman–Crippen LogP) is 3.09. The lowest BCUT2D eigenvalue weighted by atomic mass is 9.91. The van der Waals surface area contributed by atoms with E-state index < -0.39 is 10.0 Å². The second-order valence-electron chi connectivity index (χ2n) is 7.83. The van der Waals surface area contributed by atoms with Crippen molar-refractivity contribution in [3.63, 3.8) is 0 Å². The number of aromatic hydroxyl groups is 1. The number of ether oxygens (including phenoxy) is 1. The zero-order chi connectivity index (χ0) is 20.3. The minimum atomic E-state index is -3.51. The molecule has 2 aromatic rings. The fraction of sp³-hybridized carbons (Fsp3) is 0.455. The van der Waals surface area contributed by atoms with Crippen LogP contribution in [0, 0.1) is 5.92 Å². The molecule has 7 heteroatoms. The highest BCUT2D eigenvalue weighted by atomic mass is 32.2. The molecule has 0 spiro atoms. The van der Waals surface area contributed by atoms with Gasteiger partial charge >= 0.3 is 0 Å². The molecule has 0 aromatic heterocycles. The lowest BCUT2D eigenvalue weighted by molar-refractivity contribution is 0.0601. The van der Waals surface area contributed by atoms with Gasteiger partial charge in [0.05, 0.1) is 4.90 Å². The highest BCUT2D eigenvalue weighted by Crippen LogP contribution is 2.31. The number of piperazine rings is 1. The molecular weight excluding hydrogens is 388 g/mol. The van der Waals surface area contributed by atoms with E-state index in [-0.39, 0.29) is 11.8 Å². The third-order valence-corrected chi connectivity index (χ3v) is 7.83. The van der Waals surface area contributed by atoms with Gasteiger partial charge in [0.2, 0.25) is 10.0 Å². The van der Waals surface area contributed by atoms with Crippen LogP contribution in [0.2, 0.25) is 0 Å². The summed E-state index contributed by atoms with van der Waals surface area (Å²) in [5.41, 5.74) is 1.02. The summed E-state index contributed by atoms with van der Waals surface area (Å²) in [5, 5.41) is 9.64. The zero-order valence-corrected chi connectivity index (χ0v) is 17.3. The van der Waals surface area contributed by atoms with Crippen molar-refractivity contribution < 1.29 is 18.3 Å². The molecule has 2 aliphatic heterocycles. The Balaban J connectivity index is 1.57. The van der Waals surface area contributed by atoms with E-state index in [0.717, 1.165) is 38.2 Å². The van der Waals surface area contributed by atoms with Crippen molar-refractivity contribution in [1.82, 2.24) is 4.31 Å². The molecule has 0 amide bonds. The van der Waals surface area contributed by atoms with Crippen molar-refractivity contribution in [3.8, 4) is 5.75 Å². The fourth-order valence-electron chi connectivity index (χ4n) is 4.34. The Kier molecular flexibility index (Phi) is 6.08. The van der Waals surface area contributed by atoms with Crippen molar-refractivity contribution in [3.05, 3.63) is 54.6 Å². The minimum absolute atomic E-state index is 0.0925. The summed E-state index contributed by atoms with van der Waals surface area (Å²) >= 11 is 0. The molecule has 156 valence electrons. The summed E-state index contributed by atoms with van der Waals surface area (Å²) in [6, 6.07) is 16.0. The Morgan fingerprint density at radius 1 is 0.966 bits per heavy atom. The van der Waals surface area contributed by atoms with Crippen LogP contribution < -0.4 is 4.90 Å². The largest absolute Gasteiger partial charge is 0.508 e. The van der Waals surface area contributed by atoms with Gasteiger partial charge in [-0.2, -0.15) is 4.31 Å². The molecular formula is C22H28N2O4S. The van der Waals surface area contributed by atoms with Crippen molar-refractivity contribution in [2.24, 2.45) is 5.92 Å². The first-order chi connectivity index (χ1) is 14.0. The van der Waals surface area contributed by atoms with Crippen molar-refractivity contribution in [1.29, 1.82) is 0 Å². The van der Waals surface area contributed by atoms with E-state index in [4.69, 9.17) is 4.74 Å². The maximum atomic E-state index is 13.2. The van der Waals surface area contributed by atoms with Gasteiger partial charge in [-0.25, -0.2) is 8.42 Å². The summed E-state index contributed by atoms with van der Waals surface area (Å²) in [6.07, 6.45) is 2.97. The van der Waals surface area contributed by atoms with E-state index in [1.165, 1.54) is 0 Å². The molecule has 29 heavy (non-hydrogen) atoms. The molecule has 1 N–H and O–H groups in total. The van der Waals surface area contributed by atoms with E-state index in [0.29, 0.717) is 30.4 Å². The lowest BCUT2D eigenvalue weighted by Gasteiger charge is -2.43. The van der Waals surface area contributed by atoms with Crippen LogP contribution in [-0.4, -0.2) is 56.7 Å². The van der Waals surface area contributed by atoms with Gasteiger partial charge in [0.15, 0.2) is 0 Å². The first kappa shape index (κ1) is 20.2. The van der Waals surface area contributed by atoms with Gasteiger partial charge in [-0.1, -0.05) is 18.2 Å². The number of benzene rings is 2. The summed E-state index contributed by atoms with van der Waals surface area (Å²) in [5.74, 6) is 0.771. The van der Waals surface area contributed by atoms with Crippen LogP contribution in [0.25, 0.3) is 0 Å². The van der Waals surface area contributed by atoms with E-state index >= 15 is 0 Å².